The third-order valence-corrected chi connectivity index (χ3v) is 6.42. The maximum Gasteiger partial charge on any atom is 0.309 e. The van der Waals surface area contributed by atoms with Gasteiger partial charge < -0.3 is 15.5 Å². The topological polar surface area (TPSA) is 61.4 Å². The van der Waals surface area contributed by atoms with Gasteiger partial charge in [-0.15, -0.1) is 11.3 Å². The average molecular weight is 438 g/mol. The minimum absolute atomic E-state index is 0.0281. The number of anilines is 1. The number of rotatable bonds is 7. The van der Waals surface area contributed by atoms with Crippen molar-refractivity contribution in [3.63, 3.8) is 0 Å². The van der Waals surface area contributed by atoms with E-state index in [2.05, 4.69) is 33.7 Å². The predicted molar refractivity (Wildman–Crippen MR) is 121 cm³/mol. The Morgan fingerprint density at radius 2 is 1.77 bits per heavy atom. The molecule has 2 N–H and O–H groups in total. The smallest absolute Gasteiger partial charge is 0.309 e. The van der Waals surface area contributed by atoms with Crippen LogP contribution in [0, 0.1) is 5.82 Å². The molecule has 0 unspecified atom stereocenters. The molecule has 2 aromatic carbocycles. The SMILES string of the molecule is O=C(NCCc1ccc(F)cc1)C(=O)NC[C@@H](c1cccs1)N1CCc2ccccc21. The van der Waals surface area contributed by atoms with Crippen LogP contribution in [0.5, 0.6) is 0 Å². The summed E-state index contributed by atoms with van der Waals surface area (Å²) < 4.78 is 13.0. The van der Waals surface area contributed by atoms with Crippen LogP contribution < -0.4 is 15.5 Å². The van der Waals surface area contributed by atoms with Crippen LogP contribution in [0.4, 0.5) is 10.1 Å². The molecular formula is C24H24FN3O2S. The minimum Gasteiger partial charge on any atom is -0.361 e. The molecule has 2 amide bonds. The van der Waals surface area contributed by atoms with Crippen molar-refractivity contribution in [2.75, 3.05) is 24.5 Å². The van der Waals surface area contributed by atoms with Gasteiger partial charge >= 0.3 is 11.8 Å². The van der Waals surface area contributed by atoms with Gasteiger partial charge in [0.05, 0.1) is 6.04 Å². The van der Waals surface area contributed by atoms with Gasteiger partial charge in [0.15, 0.2) is 0 Å². The molecule has 31 heavy (non-hydrogen) atoms. The Morgan fingerprint density at radius 1 is 1.00 bits per heavy atom. The van der Waals surface area contributed by atoms with E-state index in [0.717, 1.165) is 23.4 Å². The molecule has 1 aromatic heterocycles. The van der Waals surface area contributed by atoms with Crippen molar-refractivity contribution in [1.29, 1.82) is 0 Å². The van der Waals surface area contributed by atoms with Crippen LogP contribution in [-0.2, 0) is 22.4 Å². The lowest BCUT2D eigenvalue weighted by atomic mass is 10.1. The molecule has 160 valence electrons. The first-order valence-corrected chi connectivity index (χ1v) is 11.2. The summed E-state index contributed by atoms with van der Waals surface area (Å²) in [7, 11) is 0. The second-order valence-corrected chi connectivity index (χ2v) is 8.42. The number of nitrogens with one attached hydrogen (secondary N) is 2. The average Bonchev–Trinajstić information content (AvgIpc) is 3.46. The molecule has 1 atom stereocenters. The van der Waals surface area contributed by atoms with Crippen molar-refractivity contribution < 1.29 is 14.0 Å². The second kappa shape index (κ2) is 9.75. The second-order valence-electron chi connectivity index (χ2n) is 7.45. The van der Waals surface area contributed by atoms with Crippen molar-refractivity contribution in [2.45, 2.75) is 18.9 Å². The fourth-order valence-electron chi connectivity index (χ4n) is 3.85. The number of carbonyl (C=O) groups is 2. The molecule has 0 saturated carbocycles. The van der Waals surface area contributed by atoms with Crippen molar-refractivity contribution in [3.05, 3.63) is 87.9 Å². The number of thiophene rings is 1. The van der Waals surface area contributed by atoms with E-state index >= 15 is 0 Å². The number of carbonyl (C=O) groups excluding carboxylic acids is 2. The molecule has 0 aliphatic carbocycles. The lowest BCUT2D eigenvalue weighted by molar-refractivity contribution is -0.139. The first-order chi connectivity index (χ1) is 15.1. The normalized spacial score (nSPS) is 13.5. The van der Waals surface area contributed by atoms with Gasteiger partial charge in [0, 0.05) is 30.2 Å². The lowest BCUT2D eigenvalue weighted by Crippen LogP contribution is -2.44. The van der Waals surface area contributed by atoms with Crippen molar-refractivity contribution in [1.82, 2.24) is 10.6 Å². The Hall–Kier alpha value is -3.19. The summed E-state index contributed by atoms with van der Waals surface area (Å²) in [6, 6.07) is 18.4. The first-order valence-electron chi connectivity index (χ1n) is 10.3. The molecule has 4 rings (SSSR count). The zero-order valence-corrected chi connectivity index (χ0v) is 17.8. The predicted octanol–water partition coefficient (Wildman–Crippen LogP) is 3.47. The van der Waals surface area contributed by atoms with Gasteiger partial charge in [-0.2, -0.15) is 0 Å². The summed E-state index contributed by atoms with van der Waals surface area (Å²) in [5, 5.41) is 7.45. The molecule has 0 bridgehead atoms. The summed E-state index contributed by atoms with van der Waals surface area (Å²) in [6.45, 7) is 1.53. The van der Waals surface area contributed by atoms with E-state index in [1.165, 1.54) is 23.4 Å². The molecule has 0 spiro atoms. The number of hydrogen-bond donors (Lipinski definition) is 2. The molecule has 0 fully saturated rings. The minimum atomic E-state index is -0.658. The number of benzene rings is 2. The Kier molecular flexibility index (Phi) is 6.62. The van der Waals surface area contributed by atoms with Gasteiger partial charge in [-0.25, -0.2) is 4.39 Å². The van der Waals surface area contributed by atoms with E-state index in [4.69, 9.17) is 0 Å². The molecule has 2 heterocycles. The van der Waals surface area contributed by atoms with Crippen LogP contribution >= 0.6 is 11.3 Å². The number of hydrogen-bond acceptors (Lipinski definition) is 4. The van der Waals surface area contributed by atoms with Crippen LogP contribution in [0.15, 0.2) is 66.0 Å². The molecule has 7 heteroatoms. The van der Waals surface area contributed by atoms with E-state index in [1.807, 2.05) is 23.6 Å². The first kappa shape index (κ1) is 21.1. The van der Waals surface area contributed by atoms with Crippen LogP contribution in [0.25, 0.3) is 0 Å². The summed E-state index contributed by atoms with van der Waals surface area (Å²) in [6.07, 6.45) is 1.50. The Bertz CT molecular complexity index is 1040. The van der Waals surface area contributed by atoms with Gasteiger partial charge in [0.2, 0.25) is 0 Å². The monoisotopic (exact) mass is 437 g/mol. The number of halogens is 1. The van der Waals surface area contributed by atoms with E-state index in [9.17, 15) is 14.0 Å². The summed E-state index contributed by atoms with van der Waals surface area (Å²) in [5.41, 5.74) is 3.38. The third kappa shape index (κ3) is 5.11. The summed E-state index contributed by atoms with van der Waals surface area (Å²) in [5.74, 6) is -1.60. The van der Waals surface area contributed by atoms with Gasteiger partial charge in [-0.3, -0.25) is 9.59 Å². The highest BCUT2D eigenvalue weighted by molar-refractivity contribution is 7.10. The number of amides is 2. The van der Waals surface area contributed by atoms with E-state index < -0.39 is 11.8 Å². The van der Waals surface area contributed by atoms with Crippen LogP contribution in [-0.4, -0.2) is 31.4 Å². The van der Waals surface area contributed by atoms with E-state index in [1.54, 1.807) is 23.5 Å². The highest BCUT2D eigenvalue weighted by Gasteiger charge is 2.28. The van der Waals surface area contributed by atoms with Crippen LogP contribution in [0.3, 0.4) is 0 Å². The van der Waals surface area contributed by atoms with Crippen LogP contribution in [0.1, 0.15) is 22.0 Å². The highest BCUT2D eigenvalue weighted by Crippen LogP contribution is 2.36. The maximum atomic E-state index is 13.0. The standard InChI is InChI=1S/C24H24FN3O2S/c25-19-9-7-17(8-10-19)11-13-26-23(29)24(30)27-16-21(22-6-3-15-31-22)28-14-12-18-4-1-2-5-20(18)28/h1-10,15,21H,11-14,16H2,(H,26,29)(H,27,30)/t21-/m0/s1. The van der Waals surface area contributed by atoms with Crippen molar-refractivity contribution >= 4 is 28.8 Å². The number of para-hydroxylation sites is 1. The molecule has 0 radical (unpaired) electrons. The fourth-order valence-corrected chi connectivity index (χ4v) is 4.69. The molecule has 3 aromatic rings. The number of fused-ring (bicyclic) bond motifs is 1. The quantitative estimate of drug-likeness (QED) is 0.557. The van der Waals surface area contributed by atoms with Gasteiger partial charge in [-0.05, 0) is 53.6 Å². The molecule has 0 saturated heterocycles. The van der Waals surface area contributed by atoms with Gasteiger partial charge in [0.1, 0.15) is 5.82 Å². The van der Waals surface area contributed by atoms with Crippen molar-refractivity contribution in [2.24, 2.45) is 0 Å². The maximum absolute atomic E-state index is 13.0. The van der Waals surface area contributed by atoms with Gasteiger partial charge in [0.25, 0.3) is 0 Å². The fraction of sp³-hybridized carbons (Fsp3) is 0.250. The molecule has 5 nitrogen and oxygen atoms in total. The zero-order chi connectivity index (χ0) is 21.6. The Morgan fingerprint density at radius 3 is 2.55 bits per heavy atom. The molecule has 1 aliphatic heterocycles. The highest BCUT2D eigenvalue weighted by atomic mass is 32.1. The third-order valence-electron chi connectivity index (χ3n) is 5.45. The lowest BCUT2D eigenvalue weighted by Gasteiger charge is -2.30. The number of nitrogens with zero attached hydrogens (tertiary/aromatic N) is 1. The van der Waals surface area contributed by atoms with Crippen LogP contribution in [0.2, 0.25) is 0 Å². The Balaban J connectivity index is 1.33. The van der Waals surface area contributed by atoms with Crippen molar-refractivity contribution in [3.8, 4) is 0 Å². The summed E-state index contributed by atoms with van der Waals surface area (Å²) >= 11 is 1.64. The molecule has 1 aliphatic rings. The van der Waals surface area contributed by atoms with E-state index in [0.29, 0.717) is 19.5 Å². The molecular weight excluding hydrogens is 413 g/mol. The largest absolute Gasteiger partial charge is 0.361 e. The zero-order valence-electron chi connectivity index (χ0n) is 17.0. The Labute approximate surface area is 184 Å². The summed E-state index contributed by atoms with van der Waals surface area (Å²) in [4.78, 5) is 28.0. The van der Waals surface area contributed by atoms with Gasteiger partial charge in [-0.1, -0.05) is 36.4 Å². The van der Waals surface area contributed by atoms with E-state index in [-0.39, 0.29) is 11.9 Å².